The normalized spacial score (nSPS) is 23.6. The number of carbonyl (C=O) groups excluding carboxylic acids is 1. The molecule has 0 spiro atoms. The smallest absolute Gasteiger partial charge is 0.331 e. The Morgan fingerprint density at radius 3 is 2.76 bits per heavy atom. The highest BCUT2D eigenvalue weighted by Gasteiger charge is 2.44. The molecule has 0 radical (unpaired) electrons. The summed E-state index contributed by atoms with van der Waals surface area (Å²) in [5.41, 5.74) is 0.111. The van der Waals surface area contributed by atoms with Gasteiger partial charge in [0, 0.05) is 18.4 Å². The third kappa shape index (κ3) is 2.18. The average Bonchev–Trinajstić information content (AvgIpc) is 2.87. The molecule has 5 nitrogen and oxygen atoms in total. The second-order valence-electron chi connectivity index (χ2n) is 4.11. The van der Waals surface area contributed by atoms with Crippen molar-refractivity contribution < 1.29 is 19.4 Å². The molecule has 1 atom stereocenters. The van der Waals surface area contributed by atoms with Gasteiger partial charge in [-0.15, -0.1) is 0 Å². The number of hydrogen-bond donors (Lipinski definition) is 2. The summed E-state index contributed by atoms with van der Waals surface area (Å²) in [7, 11) is 0. The highest BCUT2D eigenvalue weighted by Crippen LogP contribution is 2.21. The van der Waals surface area contributed by atoms with Gasteiger partial charge in [0.25, 0.3) is 5.91 Å². The van der Waals surface area contributed by atoms with Crippen LogP contribution in [0, 0.1) is 6.92 Å². The maximum absolute atomic E-state index is 12.0. The largest absolute Gasteiger partial charge is 0.479 e. The highest BCUT2D eigenvalue weighted by molar-refractivity contribution is 7.08. The molecule has 92 valence electrons. The van der Waals surface area contributed by atoms with Crippen molar-refractivity contribution >= 4 is 23.2 Å². The molecule has 1 aromatic rings. The van der Waals surface area contributed by atoms with Crippen LogP contribution >= 0.6 is 11.3 Å². The van der Waals surface area contributed by atoms with Gasteiger partial charge < -0.3 is 15.2 Å². The van der Waals surface area contributed by atoms with Gasteiger partial charge in [-0.25, -0.2) is 4.79 Å². The van der Waals surface area contributed by atoms with Gasteiger partial charge >= 0.3 is 5.97 Å². The van der Waals surface area contributed by atoms with Crippen molar-refractivity contribution in [2.45, 2.75) is 18.9 Å². The van der Waals surface area contributed by atoms with Crippen LogP contribution < -0.4 is 5.32 Å². The molecule has 1 aliphatic rings. The fourth-order valence-electron chi connectivity index (χ4n) is 1.76. The van der Waals surface area contributed by atoms with Crippen LogP contribution in [0.25, 0.3) is 0 Å². The quantitative estimate of drug-likeness (QED) is 0.846. The molecule has 2 rings (SSSR count). The predicted octanol–water partition coefficient (Wildman–Crippen LogP) is 1.03. The third-order valence-electron chi connectivity index (χ3n) is 2.88. The molecule has 2 heterocycles. The van der Waals surface area contributed by atoms with Gasteiger partial charge in [0.15, 0.2) is 5.54 Å². The number of aliphatic carboxylic acids is 1. The number of nitrogens with one attached hydrogen (secondary N) is 1. The lowest BCUT2D eigenvalue weighted by Crippen LogP contribution is -2.55. The van der Waals surface area contributed by atoms with Crippen LogP contribution in [0.15, 0.2) is 10.8 Å². The number of ether oxygens (including phenoxy) is 1. The standard InChI is InChI=1S/C11H13NO4S/c1-7-4-17-5-8(7)9(13)12-11(10(14)15)2-3-16-6-11/h4-5H,2-3,6H2,1H3,(H,12,13)(H,14,15). The van der Waals surface area contributed by atoms with Crippen LogP contribution in [0.5, 0.6) is 0 Å². The first-order valence-electron chi connectivity index (χ1n) is 5.22. The van der Waals surface area contributed by atoms with E-state index in [4.69, 9.17) is 4.74 Å². The van der Waals surface area contributed by atoms with Crippen molar-refractivity contribution in [3.8, 4) is 0 Å². The molecule has 1 aliphatic heterocycles. The topological polar surface area (TPSA) is 75.6 Å². The van der Waals surface area contributed by atoms with E-state index in [2.05, 4.69) is 5.32 Å². The Morgan fingerprint density at radius 2 is 2.29 bits per heavy atom. The van der Waals surface area contributed by atoms with E-state index < -0.39 is 11.5 Å². The Morgan fingerprint density at radius 1 is 1.53 bits per heavy atom. The molecular weight excluding hydrogens is 242 g/mol. The third-order valence-corrected chi connectivity index (χ3v) is 3.75. The molecule has 1 saturated heterocycles. The minimum absolute atomic E-state index is 0.0251. The van der Waals surface area contributed by atoms with E-state index in [1.54, 1.807) is 5.38 Å². The van der Waals surface area contributed by atoms with Crippen molar-refractivity contribution in [3.05, 3.63) is 21.9 Å². The van der Waals surface area contributed by atoms with Gasteiger partial charge in [0.05, 0.1) is 12.2 Å². The Bertz CT molecular complexity index is 448. The molecule has 2 N–H and O–H groups in total. The number of rotatable bonds is 3. The lowest BCUT2D eigenvalue weighted by molar-refractivity contribution is -0.144. The molecule has 6 heteroatoms. The van der Waals surface area contributed by atoms with Crippen LogP contribution in [0.1, 0.15) is 22.3 Å². The Balaban J connectivity index is 2.17. The van der Waals surface area contributed by atoms with Gasteiger partial charge in [0.2, 0.25) is 0 Å². The Labute approximate surface area is 102 Å². The number of carboxylic acids is 1. The zero-order chi connectivity index (χ0) is 12.5. The molecule has 0 aromatic carbocycles. The zero-order valence-electron chi connectivity index (χ0n) is 9.36. The molecule has 1 unspecified atom stereocenters. The summed E-state index contributed by atoms with van der Waals surface area (Å²) in [6, 6.07) is 0. The molecule has 1 fully saturated rings. The van der Waals surface area contributed by atoms with E-state index >= 15 is 0 Å². The van der Waals surface area contributed by atoms with Crippen molar-refractivity contribution in [2.75, 3.05) is 13.2 Å². The fourth-order valence-corrected chi connectivity index (χ4v) is 2.59. The van der Waals surface area contributed by atoms with Gasteiger partial charge in [-0.1, -0.05) is 0 Å². The maximum atomic E-state index is 12.0. The summed E-state index contributed by atoms with van der Waals surface area (Å²) in [6.07, 6.45) is 0.303. The van der Waals surface area contributed by atoms with Crippen LogP contribution in [-0.4, -0.2) is 35.7 Å². The van der Waals surface area contributed by atoms with Crippen LogP contribution in [0.2, 0.25) is 0 Å². The molecule has 1 amide bonds. The summed E-state index contributed by atoms with van der Waals surface area (Å²) in [4.78, 5) is 23.2. The zero-order valence-corrected chi connectivity index (χ0v) is 10.2. The van der Waals surface area contributed by atoms with Gasteiger partial charge in [0.1, 0.15) is 0 Å². The van der Waals surface area contributed by atoms with Gasteiger partial charge in [-0.05, 0) is 17.9 Å². The van der Waals surface area contributed by atoms with E-state index in [9.17, 15) is 14.7 Å². The lowest BCUT2D eigenvalue weighted by atomic mass is 9.98. The Kier molecular flexibility index (Phi) is 3.17. The van der Waals surface area contributed by atoms with E-state index in [-0.39, 0.29) is 12.5 Å². The molecular formula is C11H13NO4S. The first-order chi connectivity index (χ1) is 8.05. The molecule has 1 aromatic heterocycles. The molecule has 17 heavy (non-hydrogen) atoms. The molecule has 0 saturated carbocycles. The summed E-state index contributed by atoms with van der Waals surface area (Å²) in [6.45, 7) is 2.20. The van der Waals surface area contributed by atoms with E-state index in [1.807, 2.05) is 12.3 Å². The summed E-state index contributed by atoms with van der Waals surface area (Å²) in [5, 5.41) is 15.3. The van der Waals surface area contributed by atoms with E-state index in [1.165, 1.54) is 11.3 Å². The second-order valence-corrected chi connectivity index (χ2v) is 4.86. The van der Waals surface area contributed by atoms with Crippen LogP contribution in [0.4, 0.5) is 0 Å². The van der Waals surface area contributed by atoms with Crippen LogP contribution in [-0.2, 0) is 9.53 Å². The maximum Gasteiger partial charge on any atom is 0.331 e. The number of carbonyl (C=O) groups is 2. The van der Waals surface area contributed by atoms with E-state index in [0.29, 0.717) is 18.6 Å². The number of thiophene rings is 1. The summed E-state index contributed by atoms with van der Waals surface area (Å²) in [5.74, 6) is -1.40. The van der Waals surface area contributed by atoms with E-state index in [0.717, 1.165) is 5.56 Å². The predicted molar refractivity (Wildman–Crippen MR) is 62.3 cm³/mol. The number of carboxylic acid groups (broad SMARTS) is 1. The minimum Gasteiger partial charge on any atom is -0.479 e. The molecule has 0 bridgehead atoms. The van der Waals surface area contributed by atoms with Gasteiger partial charge in [-0.2, -0.15) is 11.3 Å². The van der Waals surface area contributed by atoms with Crippen molar-refractivity contribution in [3.63, 3.8) is 0 Å². The fraction of sp³-hybridized carbons (Fsp3) is 0.455. The first kappa shape index (κ1) is 12.1. The molecule has 0 aliphatic carbocycles. The van der Waals surface area contributed by atoms with Crippen LogP contribution in [0.3, 0.4) is 0 Å². The van der Waals surface area contributed by atoms with Crippen molar-refractivity contribution in [1.82, 2.24) is 5.32 Å². The Hall–Kier alpha value is -1.40. The summed E-state index contributed by atoms with van der Waals surface area (Å²) < 4.78 is 5.08. The van der Waals surface area contributed by atoms with Crippen molar-refractivity contribution in [2.24, 2.45) is 0 Å². The second kappa shape index (κ2) is 4.46. The first-order valence-corrected chi connectivity index (χ1v) is 6.16. The lowest BCUT2D eigenvalue weighted by Gasteiger charge is -2.23. The average molecular weight is 255 g/mol. The summed E-state index contributed by atoms with van der Waals surface area (Å²) >= 11 is 1.42. The minimum atomic E-state index is -1.27. The number of aryl methyl sites for hydroxylation is 1. The monoisotopic (exact) mass is 255 g/mol. The SMILES string of the molecule is Cc1cscc1C(=O)NC1(C(=O)O)CCOC1. The van der Waals surface area contributed by atoms with Crippen molar-refractivity contribution in [1.29, 1.82) is 0 Å². The van der Waals surface area contributed by atoms with Gasteiger partial charge in [-0.3, -0.25) is 4.79 Å². The number of amides is 1. The number of hydrogen-bond acceptors (Lipinski definition) is 4. The highest BCUT2D eigenvalue weighted by atomic mass is 32.1.